The number of nitrogens with zero attached hydrogens (tertiary/aromatic N) is 4. The quantitative estimate of drug-likeness (QED) is 0.134. The number of H-pyrrole nitrogens is 1. The van der Waals surface area contributed by atoms with Crippen LogP contribution < -0.4 is 16.4 Å². The number of hydrogen-bond donors (Lipinski definition) is 4. The zero-order valence-electron chi connectivity index (χ0n) is 25.8. The number of halogens is 2. The van der Waals surface area contributed by atoms with Crippen molar-refractivity contribution in [3.8, 4) is 11.4 Å². The van der Waals surface area contributed by atoms with Crippen LogP contribution in [-0.4, -0.2) is 31.1 Å². The van der Waals surface area contributed by atoms with E-state index in [0.29, 0.717) is 32.8 Å². The molecule has 13 heteroatoms. The molecule has 0 saturated heterocycles. The fourth-order valence-electron chi connectivity index (χ4n) is 5.74. The van der Waals surface area contributed by atoms with Crippen molar-refractivity contribution in [3.05, 3.63) is 130 Å². The summed E-state index contributed by atoms with van der Waals surface area (Å²) in [6.07, 6.45) is 1.50. The Morgan fingerprint density at radius 3 is 1.78 bits per heavy atom. The van der Waals surface area contributed by atoms with Crippen molar-refractivity contribution in [2.75, 3.05) is 10.6 Å². The molecule has 0 bridgehead atoms. The molecule has 0 radical (unpaired) electrons. The van der Waals surface area contributed by atoms with Crippen molar-refractivity contribution >= 4 is 117 Å². The maximum atomic E-state index is 11.8. The molecule has 5 N–H and O–H groups in total. The fourth-order valence-corrected chi connectivity index (χ4v) is 7.96. The number of nitrogens with one attached hydrogen (secondary N) is 3. The highest BCUT2D eigenvalue weighted by molar-refractivity contribution is 7.18. The number of primary amides is 1. The maximum absolute atomic E-state index is 11.8. The first kappa shape index (κ1) is 31.7. The van der Waals surface area contributed by atoms with E-state index in [4.69, 9.17) is 33.9 Å². The Labute approximate surface area is 302 Å². The number of anilines is 4. The monoisotopic (exact) mass is 730 g/mol. The average molecular weight is 732 g/mol. The van der Waals surface area contributed by atoms with Gasteiger partial charge in [0.1, 0.15) is 18.0 Å². The smallest absolute Gasteiger partial charge is 0.250 e. The summed E-state index contributed by atoms with van der Waals surface area (Å²) >= 11 is 15.8. The van der Waals surface area contributed by atoms with E-state index in [1.165, 1.54) is 11.0 Å². The van der Waals surface area contributed by atoms with Crippen molar-refractivity contribution < 1.29 is 4.79 Å². The molecule has 244 valence electrons. The van der Waals surface area contributed by atoms with Gasteiger partial charge in [-0.3, -0.25) is 9.89 Å². The Kier molecular flexibility index (Phi) is 8.47. The first-order chi connectivity index (χ1) is 24.5. The fraction of sp³-hybridized carbons (Fsp3) is 0. The van der Waals surface area contributed by atoms with E-state index < -0.39 is 5.91 Å². The van der Waals surface area contributed by atoms with Crippen LogP contribution in [0.1, 0.15) is 10.4 Å². The van der Waals surface area contributed by atoms with E-state index in [0.717, 1.165) is 54.5 Å². The van der Waals surface area contributed by atoms with Gasteiger partial charge in [0.15, 0.2) is 5.82 Å². The number of carbonyl (C=O) groups excluding carboxylic acids is 1. The first-order valence-corrected chi connectivity index (χ1v) is 17.8. The van der Waals surface area contributed by atoms with E-state index in [9.17, 15) is 4.79 Å². The number of para-hydroxylation sites is 4. The molecule has 0 aliphatic rings. The van der Waals surface area contributed by atoms with Crippen molar-refractivity contribution in [2.45, 2.75) is 0 Å². The summed E-state index contributed by atoms with van der Waals surface area (Å²) in [6.45, 7) is 0. The number of fused-ring (bicyclic) bond motifs is 6. The number of benzene rings is 4. The predicted molar refractivity (Wildman–Crippen MR) is 208 cm³/mol. The molecule has 5 aromatic heterocycles. The number of aromatic amines is 1. The van der Waals surface area contributed by atoms with E-state index in [1.807, 2.05) is 84.2 Å². The first-order valence-electron chi connectivity index (χ1n) is 15.2. The van der Waals surface area contributed by atoms with Gasteiger partial charge in [0.05, 0.1) is 38.0 Å². The van der Waals surface area contributed by atoms with Gasteiger partial charge in [-0.05, 0) is 59.3 Å². The highest BCUT2D eigenvalue weighted by Crippen LogP contribution is 2.39. The van der Waals surface area contributed by atoms with Crippen LogP contribution in [-0.2, 0) is 0 Å². The minimum atomic E-state index is -0.493. The molecule has 5 heterocycles. The lowest BCUT2D eigenvalue weighted by Crippen LogP contribution is -2.12. The standard InChI is InChI=1S/C19H12ClN5S.C18H12ClN3OS/c20-14-6-1-2-7-15(14)23-19-13-8-9-26-17(13)11-4-3-5-12(16(11)24-19)18-21-10-22-25-18;19-13-6-1-2-7-14(13)21-18-12-8-9-24-16(12)10-4-3-5-11(17(20)23)15(10)22-18/h1-10H,(H,23,24)(H,21,22,25);1-9H,(H2,20,23)(H,21,22). The summed E-state index contributed by atoms with van der Waals surface area (Å²) < 4.78 is 2.23. The second-order valence-corrected chi connectivity index (χ2v) is 13.7. The van der Waals surface area contributed by atoms with Gasteiger partial charge in [-0.15, -0.1) is 22.7 Å². The lowest BCUT2D eigenvalue weighted by Gasteiger charge is -2.12. The van der Waals surface area contributed by atoms with Crippen LogP contribution in [0.4, 0.5) is 23.0 Å². The number of pyridine rings is 2. The van der Waals surface area contributed by atoms with Crippen LogP contribution in [0, 0.1) is 0 Å². The second-order valence-electron chi connectivity index (χ2n) is 11.1. The number of hydrogen-bond acceptors (Lipinski definition) is 9. The van der Waals surface area contributed by atoms with Crippen LogP contribution in [0.2, 0.25) is 10.0 Å². The van der Waals surface area contributed by atoms with Crippen LogP contribution in [0.3, 0.4) is 0 Å². The number of nitrogens with two attached hydrogens (primary N) is 1. The Morgan fingerprint density at radius 1 is 0.660 bits per heavy atom. The molecule has 4 aromatic carbocycles. The van der Waals surface area contributed by atoms with Gasteiger partial charge in [0, 0.05) is 36.5 Å². The van der Waals surface area contributed by atoms with Crippen LogP contribution >= 0.6 is 45.9 Å². The largest absolute Gasteiger partial charge is 0.366 e. The lowest BCUT2D eigenvalue weighted by atomic mass is 10.1. The van der Waals surface area contributed by atoms with Crippen molar-refractivity contribution in [1.29, 1.82) is 0 Å². The van der Waals surface area contributed by atoms with E-state index in [-0.39, 0.29) is 0 Å². The minimum Gasteiger partial charge on any atom is -0.366 e. The number of rotatable bonds is 6. The van der Waals surface area contributed by atoms with Gasteiger partial charge in [-0.1, -0.05) is 71.7 Å². The van der Waals surface area contributed by atoms with Gasteiger partial charge in [0.2, 0.25) is 0 Å². The molecular weight excluding hydrogens is 708 g/mol. The number of thiophene rings is 2. The number of amides is 1. The average Bonchev–Trinajstić information content (AvgIpc) is 3.93. The Morgan fingerprint density at radius 2 is 1.22 bits per heavy atom. The highest BCUT2D eigenvalue weighted by Gasteiger charge is 2.17. The Balaban J connectivity index is 0.000000145. The molecule has 0 aliphatic heterocycles. The molecule has 0 aliphatic carbocycles. The third-order valence-corrected chi connectivity index (χ3v) is 10.6. The van der Waals surface area contributed by atoms with Crippen molar-refractivity contribution in [2.24, 2.45) is 5.73 Å². The molecule has 0 saturated carbocycles. The summed E-state index contributed by atoms with van der Waals surface area (Å²) in [7, 11) is 0. The van der Waals surface area contributed by atoms with Crippen LogP contribution in [0.25, 0.3) is 53.4 Å². The molecule has 9 aromatic rings. The number of carbonyl (C=O) groups is 1. The zero-order valence-corrected chi connectivity index (χ0v) is 29.0. The topological polar surface area (TPSA) is 134 Å². The molecule has 0 fully saturated rings. The molecule has 50 heavy (non-hydrogen) atoms. The highest BCUT2D eigenvalue weighted by atomic mass is 35.5. The minimum absolute atomic E-state index is 0.407. The van der Waals surface area contributed by atoms with Gasteiger partial charge in [-0.25, -0.2) is 15.0 Å². The van der Waals surface area contributed by atoms with Gasteiger partial charge >= 0.3 is 0 Å². The SMILES string of the molecule is Clc1ccccc1Nc1nc2c(-c3ncn[nH]3)cccc2c2sccc12.NC(=O)c1cccc2c1nc(Nc1ccccc1Cl)c1ccsc12. The van der Waals surface area contributed by atoms with Crippen molar-refractivity contribution in [3.63, 3.8) is 0 Å². The normalized spacial score (nSPS) is 11.2. The zero-order chi connectivity index (χ0) is 34.2. The molecule has 9 nitrogen and oxygen atoms in total. The van der Waals surface area contributed by atoms with Crippen LogP contribution in [0.15, 0.2) is 114 Å². The summed E-state index contributed by atoms with van der Waals surface area (Å²) in [5, 5.41) is 22.9. The molecule has 1 amide bonds. The van der Waals surface area contributed by atoms with E-state index in [1.54, 1.807) is 28.7 Å². The van der Waals surface area contributed by atoms with Gasteiger partial charge in [0.25, 0.3) is 5.91 Å². The second kappa shape index (κ2) is 13.4. The Bertz CT molecular complexity index is 2690. The molecule has 0 unspecified atom stereocenters. The molecule has 0 spiro atoms. The van der Waals surface area contributed by atoms with E-state index >= 15 is 0 Å². The van der Waals surface area contributed by atoms with Crippen molar-refractivity contribution in [1.82, 2.24) is 25.1 Å². The van der Waals surface area contributed by atoms with E-state index in [2.05, 4.69) is 48.3 Å². The third kappa shape index (κ3) is 5.86. The Hall–Kier alpha value is -5.59. The predicted octanol–water partition coefficient (Wildman–Crippen LogP) is 10.6. The van der Waals surface area contributed by atoms with Gasteiger partial charge < -0.3 is 16.4 Å². The molecular formula is C37H24Cl2N8OS2. The molecule has 0 atom stereocenters. The maximum Gasteiger partial charge on any atom is 0.250 e. The number of aromatic nitrogens is 5. The third-order valence-electron chi connectivity index (χ3n) is 8.04. The molecule has 9 rings (SSSR count). The van der Waals surface area contributed by atoms with Crippen LogP contribution in [0.5, 0.6) is 0 Å². The summed E-state index contributed by atoms with van der Waals surface area (Å²) in [6, 6.07) is 30.7. The lowest BCUT2D eigenvalue weighted by molar-refractivity contribution is 0.100. The summed E-state index contributed by atoms with van der Waals surface area (Å²) in [4.78, 5) is 25.6. The van der Waals surface area contributed by atoms with Gasteiger partial charge in [-0.2, -0.15) is 5.10 Å². The summed E-state index contributed by atoms with van der Waals surface area (Å²) in [5.74, 6) is 1.63. The summed E-state index contributed by atoms with van der Waals surface area (Å²) in [5.41, 5.74) is 9.88.